The van der Waals surface area contributed by atoms with E-state index in [0.717, 1.165) is 17.8 Å². The van der Waals surface area contributed by atoms with E-state index in [2.05, 4.69) is 28.6 Å². The molecule has 0 saturated heterocycles. The quantitative estimate of drug-likeness (QED) is 0.767. The molecule has 2 aromatic carbocycles. The van der Waals surface area contributed by atoms with Gasteiger partial charge in [-0.2, -0.15) is 0 Å². The molecule has 5 heteroatoms. The molecule has 0 radical (unpaired) electrons. The highest BCUT2D eigenvalue weighted by Crippen LogP contribution is 2.25. The minimum Gasteiger partial charge on any atom is -0.326 e. The van der Waals surface area contributed by atoms with Gasteiger partial charge in [0.15, 0.2) is 0 Å². The normalized spacial score (nSPS) is 14.7. The first kappa shape index (κ1) is 20.1. The van der Waals surface area contributed by atoms with Crippen LogP contribution < -0.4 is 10.6 Å². The number of benzene rings is 2. The minimum absolute atomic E-state index is 0.131. The van der Waals surface area contributed by atoms with Gasteiger partial charge in [0.05, 0.1) is 0 Å². The molecule has 148 valence electrons. The third-order valence-electron chi connectivity index (χ3n) is 5.35. The number of nitrogens with one attached hydrogen (secondary N) is 2. The van der Waals surface area contributed by atoms with Crippen molar-refractivity contribution < 1.29 is 9.59 Å². The summed E-state index contributed by atoms with van der Waals surface area (Å²) in [7, 11) is 2.18. The van der Waals surface area contributed by atoms with Gasteiger partial charge in [-0.3, -0.25) is 14.5 Å². The lowest BCUT2D eigenvalue weighted by atomic mass is 9.94. The zero-order chi connectivity index (χ0) is 19.9. The lowest BCUT2D eigenvalue weighted by Crippen LogP contribution is -2.33. The van der Waals surface area contributed by atoms with E-state index in [9.17, 15) is 9.59 Å². The molecule has 0 heterocycles. The van der Waals surface area contributed by atoms with Crippen molar-refractivity contribution in [2.45, 2.75) is 51.6 Å². The van der Waals surface area contributed by atoms with Gasteiger partial charge in [-0.25, -0.2) is 0 Å². The van der Waals surface area contributed by atoms with E-state index >= 15 is 0 Å². The first-order chi connectivity index (χ1) is 13.5. The zero-order valence-corrected chi connectivity index (χ0v) is 16.7. The van der Waals surface area contributed by atoms with Crippen molar-refractivity contribution in [1.82, 2.24) is 4.90 Å². The Labute approximate surface area is 167 Å². The summed E-state index contributed by atoms with van der Waals surface area (Å²) >= 11 is 0. The SMILES string of the molecule is CC(=O)Nc1ccc(C(=O)Nc2ccccc2CN(C)C2CCCCC2)cc1. The Balaban J connectivity index is 1.66. The van der Waals surface area contributed by atoms with Crippen LogP contribution in [-0.4, -0.2) is 29.8 Å². The summed E-state index contributed by atoms with van der Waals surface area (Å²) in [6.07, 6.45) is 6.47. The third-order valence-corrected chi connectivity index (χ3v) is 5.35. The highest BCUT2D eigenvalue weighted by Gasteiger charge is 2.19. The van der Waals surface area contributed by atoms with Crippen LogP contribution in [0.5, 0.6) is 0 Å². The van der Waals surface area contributed by atoms with Crippen molar-refractivity contribution in [2.75, 3.05) is 17.7 Å². The molecule has 1 aliphatic rings. The van der Waals surface area contributed by atoms with Gasteiger partial charge in [0.1, 0.15) is 0 Å². The predicted molar refractivity (Wildman–Crippen MR) is 113 cm³/mol. The van der Waals surface area contributed by atoms with Crippen molar-refractivity contribution in [3.63, 3.8) is 0 Å². The van der Waals surface area contributed by atoms with Gasteiger partial charge >= 0.3 is 0 Å². The number of para-hydroxylation sites is 1. The molecule has 2 aromatic rings. The highest BCUT2D eigenvalue weighted by atomic mass is 16.2. The Morgan fingerprint density at radius 1 is 0.964 bits per heavy atom. The number of nitrogens with zero attached hydrogens (tertiary/aromatic N) is 1. The van der Waals surface area contributed by atoms with E-state index in [-0.39, 0.29) is 11.8 Å². The van der Waals surface area contributed by atoms with Crippen LogP contribution in [0.1, 0.15) is 54.9 Å². The largest absolute Gasteiger partial charge is 0.326 e. The van der Waals surface area contributed by atoms with Crippen molar-refractivity contribution in [3.05, 3.63) is 59.7 Å². The fraction of sp³-hybridized carbons (Fsp3) is 0.391. The number of amides is 2. The summed E-state index contributed by atoms with van der Waals surface area (Å²) < 4.78 is 0. The predicted octanol–water partition coefficient (Wildman–Crippen LogP) is 4.66. The van der Waals surface area contributed by atoms with Crippen LogP contribution in [0, 0.1) is 0 Å². The third kappa shape index (κ3) is 5.42. The molecule has 2 N–H and O–H groups in total. The van der Waals surface area contributed by atoms with Gasteiger partial charge in [-0.15, -0.1) is 0 Å². The van der Waals surface area contributed by atoms with Crippen LogP contribution in [0.3, 0.4) is 0 Å². The van der Waals surface area contributed by atoms with E-state index in [1.54, 1.807) is 24.3 Å². The first-order valence-electron chi connectivity index (χ1n) is 10.00. The van der Waals surface area contributed by atoms with Gasteiger partial charge in [0.25, 0.3) is 5.91 Å². The molecular formula is C23H29N3O2. The van der Waals surface area contributed by atoms with E-state index in [0.29, 0.717) is 17.3 Å². The smallest absolute Gasteiger partial charge is 0.255 e. The Hall–Kier alpha value is -2.66. The van der Waals surface area contributed by atoms with Crippen molar-refractivity contribution >= 4 is 23.2 Å². The number of hydrogen-bond donors (Lipinski definition) is 2. The van der Waals surface area contributed by atoms with Crippen molar-refractivity contribution in [1.29, 1.82) is 0 Å². The maximum absolute atomic E-state index is 12.7. The summed E-state index contributed by atoms with van der Waals surface area (Å²) in [5.74, 6) is -0.282. The maximum Gasteiger partial charge on any atom is 0.255 e. The van der Waals surface area contributed by atoms with Gasteiger partial charge in [-0.1, -0.05) is 37.5 Å². The standard InChI is InChI=1S/C23H29N3O2/c1-17(27)24-20-14-12-18(13-15-20)23(28)25-22-11-7-6-8-19(22)16-26(2)21-9-4-3-5-10-21/h6-8,11-15,21H,3-5,9-10,16H2,1-2H3,(H,24,27)(H,25,28). The monoisotopic (exact) mass is 379 g/mol. The molecule has 0 aliphatic heterocycles. The average Bonchev–Trinajstić information content (AvgIpc) is 2.70. The molecule has 1 aliphatic carbocycles. The van der Waals surface area contributed by atoms with Crippen molar-refractivity contribution in [2.24, 2.45) is 0 Å². The number of hydrogen-bond acceptors (Lipinski definition) is 3. The summed E-state index contributed by atoms with van der Waals surface area (Å²) in [5.41, 5.74) is 3.21. The second-order valence-corrected chi connectivity index (χ2v) is 7.58. The van der Waals surface area contributed by atoms with Crippen LogP contribution in [0.4, 0.5) is 11.4 Å². The van der Waals surface area contributed by atoms with E-state index < -0.39 is 0 Å². The van der Waals surface area contributed by atoms with Gasteiger partial charge in [0, 0.05) is 36.4 Å². The number of carbonyl (C=O) groups excluding carboxylic acids is 2. The van der Waals surface area contributed by atoms with Crippen molar-refractivity contribution in [3.8, 4) is 0 Å². The van der Waals surface area contributed by atoms with Gasteiger partial charge in [-0.05, 0) is 55.8 Å². The molecule has 1 saturated carbocycles. The number of carbonyl (C=O) groups is 2. The molecule has 5 nitrogen and oxygen atoms in total. The van der Waals surface area contributed by atoms with Crippen LogP contribution in [0.2, 0.25) is 0 Å². The number of rotatable bonds is 6. The Morgan fingerprint density at radius 2 is 1.64 bits per heavy atom. The lowest BCUT2D eigenvalue weighted by Gasteiger charge is -2.31. The fourth-order valence-electron chi connectivity index (χ4n) is 3.80. The zero-order valence-electron chi connectivity index (χ0n) is 16.7. The number of anilines is 2. The van der Waals surface area contributed by atoms with Crippen LogP contribution in [-0.2, 0) is 11.3 Å². The molecule has 0 bridgehead atoms. The maximum atomic E-state index is 12.7. The van der Waals surface area contributed by atoms with Gasteiger partial charge in [0.2, 0.25) is 5.91 Å². The Bertz CT molecular complexity index is 811. The summed E-state index contributed by atoms with van der Waals surface area (Å²) in [6.45, 7) is 2.28. The molecule has 3 rings (SSSR count). The first-order valence-corrected chi connectivity index (χ1v) is 10.00. The topological polar surface area (TPSA) is 61.4 Å². The molecular weight excluding hydrogens is 350 g/mol. The molecule has 0 atom stereocenters. The van der Waals surface area contributed by atoms with Gasteiger partial charge < -0.3 is 10.6 Å². The second kappa shape index (κ2) is 9.51. The van der Waals surface area contributed by atoms with E-state index in [4.69, 9.17) is 0 Å². The average molecular weight is 380 g/mol. The van der Waals surface area contributed by atoms with Crippen LogP contribution in [0.15, 0.2) is 48.5 Å². The Kier molecular flexibility index (Phi) is 6.82. The highest BCUT2D eigenvalue weighted by molar-refractivity contribution is 6.05. The minimum atomic E-state index is -0.151. The second-order valence-electron chi connectivity index (χ2n) is 7.58. The lowest BCUT2D eigenvalue weighted by molar-refractivity contribution is -0.114. The fourth-order valence-corrected chi connectivity index (χ4v) is 3.80. The van der Waals surface area contributed by atoms with Crippen LogP contribution >= 0.6 is 0 Å². The molecule has 1 fully saturated rings. The molecule has 0 aromatic heterocycles. The molecule has 0 spiro atoms. The summed E-state index contributed by atoms with van der Waals surface area (Å²) in [6, 6.07) is 15.5. The van der Waals surface area contributed by atoms with E-state index in [1.165, 1.54) is 39.0 Å². The van der Waals surface area contributed by atoms with Crippen LogP contribution in [0.25, 0.3) is 0 Å². The Morgan fingerprint density at radius 3 is 2.32 bits per heavy atom. The molecule has 2 amide bonds. The van der Waals surface area contributed by atoms with E-state index in [1.807, 2.05) is 18.2 Å². The summed E-state index contributed by atoms with van der Waals surface area (Å²) in [5, 5.41) is 5.75. The molecule has 0 unspecified atom stereocenters. The summed E-state index contributed by atoms with van der Waals surface area (Å²) in [4.78, 5) is 26.2. The molecule has 28 heavy (non-hydrogen) atoms.